The standard InChI is InChI=1S/C13H18O6S/c1-10-4-6-13(7-5-10)20(15,16)19-17-9-8-11(2)18-12(3)14/h4-7,11H,8-9H2,1-3H3. The Morgan fingerprint density at radius 3 is 2.40 bits per heavy atom. The van der Waals surface area contributed by atoms with E-state index in [9.17, 15) is 13.2 Å². The molecule has 0 aromatic heterocycles. The first-order chi connectivity index (χ1) is 9.31. The maximum Gasteiger partial charge on any atom is 0.323 e. The van der Waals surface area contributed by atoms with Gasteiger partial charge < -0.3 is 4.74 Å². The minimum Gasteiger partial charge on any atom is -0.463 e. The van der Waals surface area contributed by atoms with E-state index in [0.29, 0.717) is 6.42 Å². The number of hydrogen-bond donors (Lipinski definition) is 0. The smallest absolute Gasteiger partial charge is 0.323 e. The number of ether oxygens (including phenoxy) is 1. The molecular weight excluding hydrogens is 284 g/mol. The lowest BCUT2D eigenvalue weighted by molar-refractivity contribution is -0.206. The molecule has 0 spiro atoms. The van der Waals surface area contributed by atoms with Crippen molar-refractivity contribution in [2.75, 3.05) is 6.61 Å². The normalized spacial score (nSPS) is 12.9. The number of rotatable bonds is 7. The second-order valence-electron chi connectivity index (χ2n) is 4.37. The second-order valence-corrected chi connectivity index (χ2v) is 5.88. The Morgan fingerprint density at radius 1 is 1.25 bits per heavy atom. The van der Waals surface area contributed by atoms with E-state index in [1.54, 1.807) is 19.1 Å². The number of esters is 1. The Balaban J connectivity index is 2.41. The van der Waals surface area contributed by atoms with Gasteiger partial charge in [0.15, 0.2) is 0 Å². The van der Waals surface area contributed by atoms with Crippen molar-refractivity contribution >= 4 is 16.1 Å². The molecule has 0 fully saturated rings. The van der Waals surface area contributed by atoms with E-state index in [1.807, 2.05) is 6.92 Å². The van der Waals surface area contributed by atoms with Crippen LogP contribution in [0.25, 0.3) is 0 Å². The zero-order chi connectivity index (χ0) is 15.2. The van der Waals surface area contributed by atoms with Crippen LogP contribution in [0.15, 0.2) is 29.2 Å². The Bertz CT molecular complexity index is 534. The Morgan fingerprint density at radius 2 is 1.85 bits per heavy atom. The van der Waals surface area contributed by atoms with Crippen LogP contribution in [0, 0.1) is 6.92 Å². The lowest BCUT2D eigenvalue weighted by atomic mass is 10.2. The first kappa shape index (κ1) is 16.6. The van der Waals surface area contributed by atoms with Gasteiger partial charge in [-0.1, -0.05) is 17.7 Å². The molecule has 0 saturated carbocycles. The van der Waals surface area contributed by atoms with Gasteiger partial charge in [-0.05, 0) is 26.0 Å². The molecule has 0 saturated heterocycles. The van der Waals surface area contributed by atoms with Crippen molar-refractivity contribution in [1.82, 2.24) is 0 Å². The van der Waals surface area contributed by atoms with Crippen LogP contribution in [-0.4, -0.2) is 27.1 Å². The molecule has 0 N–H and O–H groups in total. The summed E-state index contributed by atoms with van der Waals surface area (Å²) in [6.45, 7) is 4.83. The van der Waals surface area contributed by atoms with Gasteiger partial charge in [0.25, 0.3) is 0 Å². The molecule has 0 aliphatic carbocycles. The average molecular weight is 302 g/mol. The maximum absolute atomic E-state index is 11.7. The van der Waals surface area contributed by atoms with E-state index in [0.717, 1.165) is 5.56 Å². The third-order valence-electron chi connectivity index (χ3n) is 2.42. The van der Waals surface area contributed by atoms with E-state index in [-0.39, 0.29) is 17.6 Å². The third-order valence-corrected chi connectivity index (χ3v) is 3.55. The Kier molecular flexibility index (Phi) is 6.12. The third kappa shape index (κ3) is 5.68. The summed E-state index contributed by atoms with van der Waals surface area (Å²) in [4.78, 5) is 15.3. The number of benzene rings is 1. The molecule has 1 unspecified atom stereocenters. The van der Waals surface area contributed by atoms with E-state index in [2.05, 4.69) is 9.22 Å². The summed E-state index contributed by atoms with van der Waals surface area (Å²) >= 11 is 0. The molecule has 0 heterocycles. The van der Waals surface area contributed by atoms with Crippen molar-refractivity contribution in [2.24, 2.45) is 0 Å². The molecule has 0 radical (unpaired) electrons. The highest BCUT2D eigenvalue weighted by Gasteiger charge is 2.16. The van der Waals surface area contributed by atoms with Gasteiger partial charge in [0.2, 0.25) is 0 Å². The predicted molar refractivity (Wildman–Crippen MR) is 71.2 cm³/mol. The molecule has 0 bridgehead atoms. The zero-order valence-corrected chi connectivity index (χ0v) is 12.5. The SMILES string of the molecule is CC(=O)OC(C)CCOOS(=O)(=O)c1ccc(C)cc1. The number of aryl methyl sites for hydroxylation is 1. The fraction of sp³-hybridized carbons (Fsp3) is 0.462. The lowest BCUT2D eigenvalue weighted by Crippen LogP contribution is -2.16. The van der Waals surface area contributed by atoms with Crippen LogP contribution in [0.3, 0.4) is 0 Å². The molecule has 112 valence electrons. The summed E-state index contributed by atoms with van der Waals surface area (Å²) in [5.74, 6) is -0.398. The summed E-state index contributed by atoms with van der Waals surface area (Å²) < 4.78 is 32.8. The van der Waals surface area contributed by atoms with Gasteiger partial charge in [-0.2, -0.15) is 8.42 Å². The first-order valence-corrected chi connectivity index (χ1v) is 7.52. The van der Waals surface area contributed by atoms with E-state index in [4.69, 9.17) is 4.74 Å². The molecule has 1 aromatic rings. The predicted octanol–water partition coefficient (Wildman–Crippen LogP) is 1.97. The average Bonchev–Trinajstić information content (AvgIpc) is 2.34. The van der Waals surface area contributed by atoms with E-state index in [1.165, 1.54) is 19.1 Å². The summed E-state index contributed by atoms with van der Waals surface area (Å²) in [5.41, 5.74) is 0.945. The van der Waals surface area contributed by atoms with Gasteiger partial charge in [-0.3, -0.25) is 4.79 Å². The summed E-state index contributed by atoms with van der Waals surface area (Å²) in [6.07, 6.45) is -0.0265. The monoisotopic (exact) mass is 302 g/mol. The van der Waals surface area contributed by atoms with Crippen molar-refractivity contribution < 1.29 is 27.2 Å². The van der Waals surface area contributed by atoms with Crippen LogP contribution in [0.5, 0.6) is 0 Å². The highest BCUT2D eigenvalue weighted by atomic mass is 32.2. The van der Waals surface area contributed by atoms with Gasteiger partial charge >= 0.3 is 16.1 Å². The fourth-order valence-corrected chi connectivity index (χ4v) is 2.14. The van der Waals surface area contributed by atoms with Crippen LogP contribution in [0.2, 0.25) is 0 Å². The summed E-state index contributed by atoms with van der Waals surface area (Å²) in [6, 6.07) is 6.21. The molecule has 0 amide bonds. The van der Waals surface area contributed by atoms with E-state index < -0.39 is 16.1 Å². The molecule has 20 heavy (non-hydrogen) atoms. The highest BCUT2D eigenvalue weighted by molar-refractivity contribution is 7.86. The van der Waals surface area contributed by atoms with E-state index >= 15 is 0 Å². The molecule has 1 aromatic carbocycles. The first-order valence-electron chi connectivity index (χ1n) is 6.11. The van der Waals surface area contributed by atoms with Gasteiger partial charge in [0.05, 0.1) is 11.5 Å². The quantitative estimate of drug-likeness (QED) is 0.332. The summed E-state index contributed by atoms with van der Waals surface area (Å²) in [5, 5.41) is 0. The van der Waals surface area contributed by atoms with Crippen LogP contribution >= 0.6 is 0 Å². The van der Waals surface area contributed by atoms with Crippen molar-refractivity contribution in [3.05, 3.63) is 29.8 Å². The van der Waals surface area contributed by atoms with Crippen molar-refractivity contribution in [3.63, 3.8) is 0 Å². The number of hydrogen-bond acceptors (Lipinski definition) is 6. The number of carbonyl (C=O) groups excluding carboxylic acids is 1. The van der Waals surface area contributed by atoms with Crippen LogP contribution in [0.4, 0.5) is 0 Å². The van der Waals surface area contributed by atoms with Gasteiger partial charge in [0.1, 0.15) is 6.10 Å². The Hall–Kier alpha value is -1.44. The molecule has 7 heteroatoms. The minimum absolute atomic E-state index is 0.000458. The Labute approximate surface area is 118 Å². The topological polar surface area (TPSA) is 78.9 Å². The molecule has 6 nitrogen and oxygen atoms in total. The highest BCUT2D eigenvalue weighted by Crippen LogP contribution is 2.13. The second kappa shape index (κ2) is 7.37. The molecule has 1 atom stereocenters. The van der Waals surface area contributed by atoms with Gasteiger partial charge in [-0.25, -0.2) is 4.89 Å². The molecule has 0 aliphatic heterocycles. The maximum atomic E-state index is 11.7. The number of carbonyl (C=O) groups is 1. The molecular formula is C13H18O6S. The summed E-state index contributed by atoms with van der Waals surface area (Å²) in [7, 11) is -3.93. The van der Waals surface area contributed by atoms with Gasteiger partial charge in [-0.15, -0.1) is 4.33 Å². The largest absolute Gasteiger partial charge is 0.463 e. The lowest BCUT2D eigenvalue weighted by Gasteiger charge is -2.11. The van der Waals surface area contributed by atoms with Crippen molar-refractivity contribution in [2.45, 2.75) is 38.2 Å². The van der Waals surface area contributed by atoms with Gasteiger partial charge in [0, 0.05) is 13.3 Å². The molecule has 0 aliphatic rings. The van der Waals surface area contributed by atoms with Crippen LogP contribution in [-0.2, 0) is 28.9 Å². The fourth-order valence-electron chi connectivity index (χ4n) is 1.40. The van der Waals surface area contributed by atoms with Crippen molar-refractivity contribution in [3.8, 4) is 0 Å². The zero-order valence-electron chi connectivity index (χ0n) is 11.7. The van der Waals surface area contributed by atoms with Crippen LogP contribution < -0.4 is 0 Å². The van der Waals surface area contributed by atoms with Crippen LogP contribution in [0.1, 0.15) is 25.8 Å². The van der Waals surface area contributed by atoms with Crippen molar-refractivity contribution in [1.29, 1.82) is 0 Å². The minimum atomic E-state index is -3.93. The molecule has 1 rings (SSSR count).